The maximum absolute atomic E-state index is 12.1. The topological polar surface area (TPSA) is 77.5 Å². The summed E-state index contributed by atoms with van der Waals surface area (Å²) < 4.78 is 16.3. The fourth-order valence-corrected chi connectivity index (χ4v) is 2.59. The number of benzene rings is 2. The maximum atomic E-state index is 12.1. The summed E-state index contributed by atoms with van der Waals surface area (Å²) in [6.07, 6.45) is 1.46. The number of carbonyl (C=O) groups excluding carboxylic acids is 1. The van der Waals surface area contributed by atoms with Crippen molar-refractivity contribution < 1.29 is 18.4 Å². The molecule has 130 valence electrons. The van der Waals surface area contributed by atoms with E-state index in [0.29, 0.717) is 29.3 Å². The number of amides is 1. The highest BCUT2D eigenvalue weighted by molar-refractivity contribution is 6.03. The third-order valence-corrected chi connectivity index (χ3v) is 3.80. The van der Waals surface area contributed by atoms with E-state index in [1.807, 2.05) is 31.2 Å². The quantitative estimate of drug-likeness (QED) is 0.564. The Bertz CT molecular complexity index is 1030. The number of furan rings is 1. The number of oxazole rings is 1. The fraction of sp³-hybridized carbons (Fsp3) is 0.100. The minimum Gasteiger partial charge on any atom is -0.494 e. The summed E-state index contributed by atoms with van der Waals surface area (Å²) in [7, 11) is 0. The molecular weight excluding hydrogens is 332 g/mol. The standard InChI is InChI=1S/C20H16N2O4/c1-2-24-15-8-5-13(6-9-15)20-22-16-12-14(7-10-17(16)26-20)21-19(23)18-4-3-11-25-18/h3-12H,2H2,1H3,(H,21,23). The van der Waals surface area contributed by atoms with Crippen molar-refractivity contribution in [1.82, 2.24) is 4.98 Å². The van der Waals surface area contributed by atoms with Crippen LogP contribution in [0.2, 0.25) is 0 Å². The van der Waals surface area contributed by atoms with Gasteiger partial charge in [0.2, 0.25) is 5.89 Å². The molecule has 6 nitrogen and oxygen atoms in total. The van der Waals surface area contributed by atoms with Crippen LogP contribution in [0.25, 0.3) is 22.6 Å². The molecule has 0 aliphatic carbocycles. The molecule has 0 atom stereocenters. The molecule has 0 aliphatic rings. The molecule has 0 aliphatic heterocycles. The minimum atomic E-state index is -0.315. The molecule has 0 saturated carbocycles. The van der Waals surface area contributed by atoms with E-state index in [1.54, 1.807) is 30.3 Å². The Labute approximate surface area is 149 Å². The summed E-state index contributed by atoms with van der Waals surface area (Å²) in [5, 5.41) is 2.78. The maximum Gasteiger partial charge on any atom is 0.291 e. The molecule has 1 N–H and O–H groups in total. The van der Waals surface area contributed by atoms with Crippen molar-refractivity contribution in [1.29, 1.82) is 0 Å². The van der Waals surface area contributed by atoms with E-state index in [-0.39, 0.29) is 11.7 Å². The van der Waals surface area contributed by atoms with Crippen LogP contribution in [0.15, 0.2) is 69.7 Å². The van der Waals surface area contributed by atoms with Crippen LogP contribution in [0.1, 0.15) is 17.5 Å². The van der Waals surface area contributed by atoms with Gasteiger partial charge < -0.3 is 18.9 Å². The van der Waals surface area contributed by atoms with Crippen molar-refractivity contribution in [3.8, 4) is 17.2 Å². The lowest BCUT2D eigenvalue weighted by Crippen LogP contribution is -2.10. The van der Waals surface area contributed by atoms with Crippen LogP contribution < -0.4 is 10.1 Å². The van der Waals surface area contributed by atoms with E-state index in [2.05, 4.69) is 10.3 Å². The van der Waals surface area contributed by atoms with Gasteiger partial charge >= 0.3 is 0 Å². The second-order valence-corrected chi connectivity index (χ2v) is 5.59. The lowest BCUT2D eigenvalue weighted by atomic mass is 10.2. The molecule has 2 heterocycles. The van der Waals surface area contributed by atoms with E-state index >= 15 is 0 Å². The number of fused-ring (bicyclic) bond motifs is 1. The van der Waals surface area contributed by atoms with Crippen LogP contribution in [0.5, 0.6) is 5.75 Å². The lowest BCUT2D eigenvalue weighted by molar-refractivity contribution is 0.0996. The van der Waals surface area contributed by atoms with Crippen molar-refractivity contribution in [2.45, 2.75) is 6.92 Å². The molecule has 26 heavy (non-hydrogen) atoms. The first kappa shape index (κ1) is 16.0. The third-order valence-electron chi connectivity index (χ3n) is 3.80. The summed E-state index contributed by atoms with van der Waals surface area (Å²) in [4.78, 5) is 16.6. The van der Waals surface area contributed by atoms with Gasteiger partial charge in [-0.15, -0.1) is 0 Å². The van der Waals surface area contributed by atoms with Crippen LogP contribution in [0.3, 0.4) is 0 Å². The first-order valence-corrected chi connectivity index (χ1v) is 8.21. The van der Waals surface area contributed by atoms with Gasteiger partial charge in [0.1, 0.15) is 11.3 Å². The number of hydrogen-bond acceptors (Lipinski definition) is 5. The van der Waals surface area contributed by atoms with Gasteiger partial charge in [0, 0.05) is 11.3 Å². The molecule has 1 amide bonds. The summed E-state index contributed by atoms with van der Waals surface area (Å²) >= 11 is 0. The molecular formula is C20H16N2O4. The Morgan fingerprint density at radius 2 is 2.00 bits per heavy atom. The molecule has 0 radical (unpaired) electrons. The zero-order valence-corrected chi connectivity index (χ0v) is 14.1. The number of ether oxygens (including phenoxy) is 1. The molecule has 2 aromatic carbocycles. The average molecular weight is 348 g/mol. The van der Waals surface area contributed by atoms with Gasteiger partial charge in [0.25, 0.3) is 5.91 Å². The number of rotatable bonds is 5. The zero-order chi connectivity index (χ0) is 17.9. The van der Waals surface area contributed by atoms with E-state index in [0.717, 1.165) is 11.3 Å². The average Bonchev–Trinajstić information content (AvgIpc) is 3.32. The molecule has 4 rings (SSSR count). The number of nitrogens with zero attached hydrogens (tertiary/aromatic N) is 1. The largest absolute Gasteiger partial charge is 0.494 e. The fourth-order valence-electron chi connectivity index (χ4n) is 2.59. The van der Waals surface area contributed by atoms with Crippen molar-refractivity contribution in [2.24, 2.45) is 0 Å². The molecule has 0 spiro atoms. The summed E-state index contributed by atoms with van der Waals surface area (Å²) in [5.41, 5.74) is 2.77. The smallest absolute Gasteiger partial charge is 0.291 e. The van der Waals surface area contributed by atoms with Crippen LogP contribution in [0.4, 0.5) is 5.69 Å². The highest BCUT2D eigenvalue weighted by atomic mass is 16.5. The van der Waals surface area contributed by atoms with Crippen molar-refractivity contribution in [2.75, 3.05) is 11.9 Å². The second kappa shape index (κ2) is 6.76. The first-order chi connectivity index (χ1) is 12.7. The Morgan fingerprint density at radius 3 is 2.73 bits per heavy atom. The normalized spacial score (nSPS) is 10.8. The van der Waals surface area contributed by atoms with Gasteiger partial charge in [0.05, 0.1) is 12.9 Å². The van der Waals surface area contributed by atoms with Crippen LogP contribution >= 0.6 is 0 Å². The predicted octanol–water partition coefficient (Wildman–Crippen LogP) is 4.74. The lowest BCUT2D eigenvalue weighted by Gasteiger charge is -2.02. The molecule has 0 unspecified atom stereocenters. The Balaban J connectivity index is 1.58. The molecule has 0 bridgehead atoms. The Morgan fingerprint density at radius 1 is 1.15 bits per heavy atom. The van der Waals surface area contributed by atoms with E-state index in [1.165, 1.54) is 6.26 Å². The Kier molecular flexibility index (Phi) is 4.15. The van der Waals surface area contributed by atoms with E-state index < -0.39 is 0 Å². The second-order valence-electron chi connectivity index (χ2n) is 5.59. The monoisotopic (exact) mass is 348 g/mol. The summed E-state index contributed by atoms with van der Waals surface area (Å²) in [6, 6.07) is 16.1. The SMILES string of the molecule is CCOc1ccc(-c2nc3cc(NC(=O)c4ccco4)ccc3o2)cc1. The van der Waals surface area contributed by atoms with Crippen molar-refractivity contribution in [3.05, 3.63) is 66.6 Å². The molecule has 0 fully saturated rings. The van der Waals surface area contributed by atoms with E-state index in [9.17, 15) is 4.79 Å². The van der Waals surface area contributed by atoms with Crippen molar-refractivity contribution >= 4 is 22.7 Å². The molecule has 0 saturated heterocycles. The number of hydrogen-bond donors (Lipinski definition) is 1. The highest BCUT2D eigenvalue weighted by Crippen LogP contribution is 2.27. The molecule has 4 aromatic rings. The van der Waals surface area contributed by atoms with Crippen LogP contribution in [-0.4, -0.2) is 17.5 Å². The summed E-state index contributed by atoms with van der Waals surface area (Å²) in [5.74, 6) is 1.25. The van der Waals surface area contributed by atoms with Crippen LogP contribution in [0, 0.1) is 0 Å². The van der Waals surface area contributed by atoms with Crippen LogP contribution in [-0.2, 0) is 0 Å². The number of aromatic nitrogens is 1. The first-order valence-electron chi connectivity index (χ1n) is 8.21. The van der Waals surface area contributed by atoms with E-state index in [4.69, 9.17) is 13.6 Å². The van der Waals surface area contributed by atoms with Gasteiger partial charge in [-0.05, 0) is 61.5 Å². The predicted molar refractivity (Wildman–Crippen MR) is 97.3 cm³/mol. The molecule has 6 heteroatoms. The van der Waals surface area contributed by atoms with Gasteiger partial charge in [-0.3, -0.25) is 4.79 Å². The number of carbonyl (C=O) groups is 1. The number of nitrogens with one attached hydrogen (secondary N) is 1. The highest BCUT2D eigenvalue weighted by Gasteiger charge is 2.12. The number of anilines is 1. The summed E-state index contributed by atoms with van der Waals surface area (Å²) in [6.45, 7) is 2.56. The minimum absolute atomic E-state index is 0.250. The van der Waals surface area contributed by atoms with Crippen molar-refractivity contribution in [3.63, 3.8) is 0 Å². The third kappa shape index (κ3) is 3.17. The molecule has 2 aromatic heterocycles. The van der Waals surface area contributed by atoms with Gasteiger partial charge in [0.15, 0.2) is 11.3 Å². The van der Waals surface area contributed by atoms with Gasteiger partial charge in [-0.1, -0.05) is 0 Å². The zero-order valence-electron chi connectivity index (χ0n) is 14.1. The van der Waals surface area contributed by atoms with Gasteiger partial charge in [-0.2, -0.15) is 0 Å². The van der Waals surface area contributed by atoms with Gasteiger partial charge in [-0.25, -0.2) is 4.98 Å². The Hall–Kier alpha value is -3.54.